The lowest BCUT2D eigenvalue weighted by Crippen LogP contribution is -2.59. The number of ether oxygens (including phenoxy) is 1. The molecule has 1 aromatic carbocycles. The minimum Gasteiger partial charge on any atom is -0.375 e. The van der Waals surface area contributed by atoms with Crippen LogP contribution in [0, 0.1) is 13.8 Å². The fraction of sp³-hybridized carbons (Fsp3) is 0.625. The number of hydrogen-bond donors (Lipinski definition) is 1. The van der Waals surface area contributed by atoms with Crippen molar-refractivity contribution in [3.8, 4) is 0 Å². The number of fused-ring (bicyclic) bond motifs is 1. The first-order valence-electron chi connectivity index (χ1n) is 7.17. The quantitative estimate of drug-likeness (QED) is 0.821. The second kappa shape index (κ2) is 4.67. The molecule has 0 amide bonds. The van der Waals surface area contributed by atoms with Gasteiger partial charge >= 0.3 is 0 Å². The number of rotatable bonds is 1. The Hall–Kier alpha value is -0.860. The lowest BCUT2D eigenvalue weighted by atomic mass is 9.71. The van der Waals surface area contributed by atoms with Crippen molar-refractivity contribution in [2.24, 2.45) is 0 Å². The average molecular weight is 245 g/mol. The maximum atomic E-state index is 6.09. The molecule has 18 heavy (non-hydrogen) atoms. The molecule has 2 heteroatoms. The molecule has 1 saturated heterocycles. The standard InChI is InChI=1S/C16H23NO/c1-12-6-5-7-13(2)15(12)16-9-4-3-8-14(16)18-11-10-17-16/h5-7,14,17H,3-4,8-11H2,1-2H3. The van der Waals surface area contributed by atoms with E-state index in [0.717, 1.165) is 13.2 Å². The zero-order valence-corrected chi connectivity index (χ0v) is 11.5. The smallest absolute Gasteiger partial charge is 0.0799 e. The number of morpholine rings is 1. The average Bonchev–Trinajstić information content (AvgIpc) is 2.38. The summed E-state index contributed by atoms with van der Waals surface area (Å²) in [4.78, 5) is 0. The summed E-state index contributed by atoms with van der Waals surface area (Å²) in [5, 5.41) is 3.81. The Morgan fingerprint density at radius 2 is 2.00 bits per heavy atom. The fourth-order valence-corrected chi connectivity index (χ4v) is 3.94. The number of hydrogen-bond acceptors (Lipinski definition) is 2. The predicted molar refractivity (Wildman–Crippen MR) is 73.8 cm³/mol. The van der Waals surface area contributed by atoms with Gasteiger partial charge in [0.15, 0.2) is 0 Å². The highest BCUT2D eigenvalue weighted by Crippen LogP contribution is 2.43. The lowest BCUT2D eigenvalue weighted by Gasteiger charge is -2.49. The molecule has 3 rings (SSSR count). The Kier molecular flexibility index (Phi) is 3.16. The van der Waals surface area contributed by atoms with Crippen LogP contribution in [-0.2, 0) is 10.3 Å². The van der Waals surface area contributed by atoms with E-state index < -0.39 is 0 Å². The highest BCUT2D eigenvalue weighted by Gasteiger charge is 2.45. The zero-order valence-electron chi connectivity index (χ0n) is 11.5. The molecule has 2 fully saturated rings. The molecule has 1 saturated carbocycles. The Morgan fingerprint density at radius 1 is 1.22 bits per heavy atom. The van der Waals surface area contributed by atoms with E-state index in [4.69, 9.17) is 4.74 Å². The summed E-state index contributed by atoms with van der Waals surface area (Å²) >= 11 is 0. The third kappa shape index (κ3) is 1.79. The molecule has 0 bridgehead atoms. The van der Waals surface area contributed by atoms with Crippen LogP contribution in [0.3, 0.4) is 0 Å². The van der Waals surface area contributed by atoms with E-state index in [1.54, 1.807) is 0 Å². The van der Waals surface area contributed by atoms with Crippen molar-refractivity contribution in [1.82, 2.24) is 5.32 Å². The molecule has 0 spiro atoms. The largest absolute Gasteiger partial charge is 0.375 e. The van der Waals surface area contributed by atoms with Crippen molar-refractivity contribution in [3.63, 3.8) is 0 Å². The third-order valence-electron chi connectivity index (χ3n) is 4.63. The first-order valence-corrected chi connectivity index (χ1v) is 7.17. The van der Waals surface area contributed by atoms with Gasteiger partial charge in [0, 0.05) is 6.54 Å². The number of benzene rings is 1. The van der Waals surface area contributed by atoms with Crippen LogP contribution in [0.15, 0.2) is 18.2 Å². The van der Waals surface area contributed by atoms with Gasteiger partial charge in [-0.2, -0.15) is 0 Å². The maximum Gasteiger partial charge on any atom is 0.0799 e. The molecular formula is C16H23NO. The van der Waals surface area contributed by atoms with Crippen LogP contribution >= 0.6 is 0 Å². The van der Waals surface area contributed by atoms with Crippen LogP contribution in [-0.4, -0.2) is 19.3 Å². The van der Waals surface area contributed by atoms with Crippen LogP contribution in [0.25, 0.3) is 0 Å². The van der Waals surface area contributed by atoms with Gasteiger partial charge in [0.25, 0.3) is 0 Å². The molecule has 1 heterocycles. The highest BCUT2D eigenvalue weighted by atomic mass is 16.5. The molecule has 1 N–H and O–H groups in total. The Labute approximate surface area is 110 Å². The monoisotopic (exact) mass is 245 g/mol. The van der Waals surface area contributed by atoms with Gasteiger partial charge in [0.2, 0.25) is 0 Å². The second-order valence-electron chi connectivity index (χ2n) is 5.77. The molecule has 1 aromatic rings. The van der Waals surface area contributed by atoms with Crippen LogP contribution in [0.5, 0.6) is 0 Å². The van der Waals surface area contributed by atoms with E-state index in [0.29, 0.717) is 6.10 Å². The molecule has 2 atom stereocenters. The summed E-state index contributed by atoms with van der Waals surface area (Å²) in [7, 11) is 0. The summed E-state index contributed by atoms with van der Waals surface area (Å²) in [6, 6.07) is 6.63. The number of nitrogens with one attached hydrogen (secondary N) is 1. The van der Waals surface area contributed by atoms with Crippen molar-refractivity contribution in [1.29, 1.82) is 0 Å². The first-order chi connectivity index (χ1) is 8.74. The van der Waals surface area contributed by atoms with Crippen molar-refractivity contribution in [3.05, 3.63) is 34.9 Å². The van der Waals surface area contributed by atoms with E-state index in [2.05, 4.69) is 37.4 Å². The Bertz CT molecular complexity index is 408. The summed E-state index contributed by atoms with van der Waals surface area (Å²) in [6.45, 7) is 6.31. The molecule has 0 aromatic heterocycles. The van der Waals surface area contributed by atoms with Gasteiger partial charge in [-0.25, -0.2) is 0 Å². The van der Waals surface area contributed by atoms with Crippen molar-refractivity contribution in [2.75, 3.05) is 13.2 Å². The Balaban J connectivity index is 2.10. The highest BCUT2D eigenvalue weighted by molar-refractivity contribution is 5.41. The van der Waals surface area contributed by atoms with Crippen LogP contribution in [0.2, 0.25) is 0 Å². The van der Waals surface area contributed by atoms with E-state index in [9.17, 15) is 0 Å². The van der Waals surface area contributed by atoms with Crippen LogP contribution in [0.1, 0.15) is 42.4 Å². The summed E-state index contributed by atoms with van der Waals surface area (Å²) in [5.41, 5.74) is 4.38. The topological polar surface area (TPSA) is 21.3 Å². The van der Waals surface area contributed by atoms with E-state index in [1.807, 2.05) is 0 Å². The lowest BCUT2D eigenvalue weighted by molar-refractivity contribution is -0.0761. The summed E-state index contributed by atoms with van der Waals surface area (Å²) in [5.74, 6) is 0. The van der Waals surface area contributed by atoms with Crippen molar-refractivity contribution >= 4 is 0 Å². The van der Waals surface area contributed by atoms with Gasteiger partial charge in [-0.1, -0.05) is 31.0 Å². The van der Waals surface area contributed by atoms with Gasteiger partial charge < -0.3 is 10.1 Å². The fourth-order valence-electron chi connectivity index (χ4n) is 3.94. The molecular weight excluding hydrogens is 222 g/mol. The van der Waals surface area contributed by atoms with Crippen LogP contribution < -0.4 is 5.32 Å². The maximum absolute atomic E-state index is 6.09. The van der Waals surface area contributed by atoms with Crippen molar-refractivity contribution in [2.45, 2.75) is 51.2 Å². The second-order valence-corrected chi connectivity index (χ2v) is 5.77. The summed E-state index contributed by atoms with van der Waals surface area (Å²) < 4.78 is 6.09. The SMILES string of the molecule is Cc1cccc(C)c1C12CCCCC1OCCN2. The summed E-state index contributed by atoms with van der Waals surface area (Å²) in [6.07, 6.45) is 5.38. The van der Waals surface area contributed by atoms with E-state index in [1.165, 1.54) is 42.4 Å². The van der Waals surface area contributed by atoms with E-state index >= 15 is 0 Å². The molecule has 2 aliphatic rings. The third-order valence-corrected chi connectivity index (χ3v) is 4.63. The van der Waals surface area contributed by atoms with Crippen molar-refractivity contribution < 1.29 is 4.74 Å². The molecule has 0 radical (unpaired) electrons. The van der Waals surface area contributed by atoms with Gasteiger partial charge in [-0.3, -0.25) is 0 Å². The van der Waals surface area contributed by atoms with Gasteiger partial charge in [-0.05, 0) is 43.4 Å². The van der Waals surface area contributed by atoms with Gasteiger partial charge in [-0.15, -0.1) is 0 Å². The van der Waals surface area contributed by atoms with Gasteiger partial charge in [0.1, 0.15) is 0 Å². The Morgan fingerprint density at radius 3 is 2.78 bits per heavy atom. The van der Waals surface area contributed by atoms with E-state index in [-0.39, 0.29) is 5.54 Å². The predicted octanol–water partition coefficient (Wildman–Crippen LogP) is 3.06. The number of aryl methyl sites for hydroxylation is 2. The molecule has 1 aliphatic carbocycles. The van der Waals surface area contributed by atoms with Crippen LogP contribution in [0.4, 0.5) is 0 Å². The molecule has 1 aliphatic heterocycles. The molecule has 2 unspecified atom stereocenters. The minimum atomic E-state index is 0.0753. The zero-order chi connectivity index (χ0) is 12.6. The first kappa shape index (κ1) is 12.2. The minimum absolute atomic E-state index is 0.0753. The normalized spacial score (nSPS) is 32.0. The molecule has 2 nitrogen and oxygen atoms in total. The van der Waals surface area contributed by atoms with Gasteiger partial charge in [0.05, 0.1) is 18.2 Å². The molecule has 98 valence electrons.